The van der Waals surface area contributed by atoms with Gasteiger partial charge in [0.1, 0.15) is 11.2 Å². The quantitative estimate of drug-likeness (QED) is 0.206. The van der Waals surface area contributed by atoms with E-state index in [1.165, 1.54) is 11.3 Å². The third-order valence-corrected chi connectivity index (χ3v) is 8.91. The molecule has 0 N–H and O–H groups in total. The molecule has 0 amide bonds. The molecule has 0 bridgehead atoms. The molecule has 44 heavy (non-hydrogen) atoms. The molecule has 0 radical (unpaired) electrons. The Morgan fingerprint density at radius 2 is 1.27 bits per heavy atom. The van der Waals surface area contributed by atoms with Crippen molar-refractivity contribution in [1.82, 2.24) is 9.97 Å². The normalized spacial score (nSPS) is 13.9. The molecule has 0 atom stereocenters. The van der Waals surface area contributed by atoms with Crippen LogP contribution in [0.25, 0.3) is 87.1 Å². The number of thiophene rings is 1. The Labute approximate surface area is 267 Å². The van der Waals surface area contributed by atoms with Gasteiger partial charge in [-0.1, -0.05) is 115 Å². The highest BCUT2D eigenvalue weighted by Crippen LogP contribution is 2.42. The van der Waals surface area contributed by atoms with Gasteiger partial charge in [0, 0.05) is 32.0 Å². The van der Waals surface area contributed by atoms with Crippen LogP contribution in [0, 0.1) is 0 Å². The summed E-state index contributed by atoms with van der Waals surface area (Å²) >= 11 is 1.52. The zero-order valence-electron chi connectivity index (χ0n) is 30.0. The second-order valence-corrected chi connectivity index (χ2v) is 11.5. The van der Waals surface area contributed by atoms with Crippen LogP contribution in [-0.2, 0) is 0 Å². The van der Waals surface area contributed by atoms with Crippen molar-refractivity contribution in [3.05, 3.63) is 145 Å². The average molecular weight is 588 g/mol. The second kappa shape index (κ2) is 10.0. The van der Waals surface area contributed by atoms with Crippen LogP contribution >= 0.6 is 11.3 Å². The summed E-state index contributed by atoms with van der Waals surface area (Å²) in [6.45, 7) is 0. The molecule has 4 heteroatoms. The Hall–Kier alpha value is -5.58. The van der Waals surface area contributed by atoms with Gasteiger partial charge < -0.3 is 4.42 Å². The van der Waals surface area contributed by atoms with E-state index in [2.05, 4.69) is 24.3 Å². The fourth-order valence-electron chi connectivity index (χ4n) is 5.63. The Kier molecular flexibility index (Phi) is 4.29. The van der Waals surface area contributed by atoms with Crippen molar-refractivity contribution < 1.29 is 14.0 Å². The van der Waals surface area contributed by atoms with Crippen molar-refractivity contribution in [3.63, 3.8) is 0 Å². The summed E-state index contributed by atoms with van der Waals surface area (Å²) < 4.78 is 67.8. The molecule has 9 rings (SSSR count). The highest BCUT2D eigenvalue weighted by molar-refractivity contribution is 7.26. The van der Waals surface area contributed by atoms with E-state index in [1.807, 2.05) is 78.9 Å². The zero-order chi connectivity index (χ0) is 35.1. The first kappa shape index (κ1) is 18.9. The monoisotopic (exact) mass is 587 g/mol. The second-order valence-electron chi connectivity index (χ2n) is 10.5. The predicted molar refractivity (Wildman–Crippen MR) is 184 cm³/mol. The summed E-state index contributed by atoms with van der Waals surface area (Å²) in [6, 6.07) is 31.6. The molecule has 0 unspecified atom stereocenters. The molecule has 0 saturated heterocycles. The molecule has 0 fully saturated rings. The number of aromatic nitrogens is 2. The summed E-state index contributed by atoms with van der Waals surface area (Å²) in [7, 11) is 0. The van der Waals surface area contributed by atoms with E-state index in [0.717, 1.165) is 48.3 Å². The summed E-state index contributed by atoms with van der Waals surface area (Å²) in [5, 5.41) is 0.923. The van der Waals surface area contributed by atoms with Gasteiger partial charge in [0.05, 0.1) is 25.5 Å². The molecule has 6 aromatic carbocycles. The lowest BCUT2D eigenvalue weighted by Crippen LogP contribution is -1.93. The average Bonchev–Trinajstić information content (AvgIpc) is 3.75. The topological polar surface area (TPSA) is 38.9 Å². The van der Waals surface area contributed by atoms with Gasteiger partial charge in [-0.3, -0.25) is 0 Å². The minimum absolute atomic E-state index is 0.00571. The summed E-state index contributed by atoms with van der Waals surface area (Å²) in [5.74, 6) is 0.595. The minimum atomic E-state index is -0.462. The van der Waals surface area contributed by atoms with Crippen molar-refractivity contribution in [2.24, 2.45) is 0 Å². The van der Waals surface area contributed by atoms with Crippen molar-refractivity contribution in [1.29, 1.82) is 0 Å². The summed E-state index contributed by atoms with van der Waals surface area (Å²) in [6.07, 6.45) is 0. The van der Waals surface area contributed by atoms with Gasteiger partial charge in [-0.2, -0.15) is 0 Å². The summed E-state index contributed by atoms with van der Waals surface area (Å²) in [5.41, 5.74) is 6.08. The fourth-order valence-corrected chi connectivity index (χ4v) is 6.82. The number of furan rings is 1. The van der Waals surface area contributed by atoms with E-state index < -0.39 is 12.1 Å². The third kappa shape index (κ3) is 4.11. The van der Waals surface area contributed by atoms with Gasteiger partial charge in [0.25, 0.3) is 0 Å². The van der Waals surface area contributed by atoms with Gasteiger partial charge in [-0.05, 0) is 52.5 Å². The Morgan fingerprint density at radius 3 is 2.14 bits per heavy atom. The van der Waals surface area contributed by atoms with Crippen molar-refractivity contribution in [2.75, 3.05) is 0 Å². The first-order valence-electron chi connectivity index (χ1n) is 17.6. The molecular formula is C40H24N2OS. The van der Waals surface area contributed by atoms with Crippen molar-refractivity contribution >= 4 is 53.6 Å². The van der Waals surface area contributed by atoms with Gasteiger partial charge in [-0.25, -0.2) is 9.97 Å². The molecule has 0 spiro atoms. The van der Waals surface area contributed by atoms with Crippen LogP contribution in [0.3, 0.4) is 0 Å². The lowest BCUT2D eigenvalue weighted by molar-refractivity contribution is 0.669. The predicted octanol–water partition coefficient (Wildman–Crippen LogP) is 11.4. The van der Waals surface area contributed by atoms with Crippen LogP contribution < -0.4 is 0 Å². The minimum Gasteiger partial charge on any atom is -0.456 e. The van der Waals surface area contributed by atoms with E-state index in [4.69, 9.17) is 24.0 Å². The molecule has 3 nitrogen and oxygen atoms in total. The van der Waals surface area contributed by atoms with Gasteiger partial charge >= 0.3 is 0 Å². The molecule has 206 valence electrons. The van der Waals surface area contributed by atoms with Crippen LogP contribution in [0.2, 0.25) is 0 Å². The van der Waals surface area contributed by atoms with Crippen LogP contribution in [0.1, 0.15) is 9.60 Å². The molecule has 9 aromatic rings. The SMILES string of the molecule is [2H]c1c([2H])c([2H])c2c(oc3c([2H])c(-c4ccc5c(c4)sc4c(-c6cccc(-c7ccccc7)c6)nc(-c6ccccc6)nc45)c([2H])c([2H])c32)c1[2H]. The van der Waals surface area contributed by atoms with Crippen LogP contribution in [0.4, 0.5) is 0 Å². The van der Waals surface area contributed by atoms with Crippen LogP contribution in [0.15, 0.2) is 150 Å². The lowest BCUT2D eigenvalue weighted by atomic mass is 10.0. The van der Waals surface area contributed by atoms with Gasteiger partial charge in [0.15, 0.2) is 5.82 Å². The largest absolute Gasteiger partial charge is 0.456 e. The molecule has 0 aliphatic heterocycles. The number of hydrogen-bond donors (Lipinski definition) is 0. The van der Waals surface area contributed by atoms with E-state index in [1.54, 1.807) is 0 Å². The van der Waals surface area contributed by atoms with E-state index >= 15 is 0 Å². The maximum Gasteiger partial charge on any atom is 0.160 e. The maximum absolute atomic E-state index is 9.14. The molecule has 3 heterocycles. The van der Waals surface area contributed by atoms with Gasteiger partial charge in [-0.15, -0.1) is 11.3 Å². The molecule has 0 aliphatic rings. The third-order valence-electron chi connectivity index (χ3n) is 7.76. The molecule has 3 aromatic heterocycles. The highest BCUT2D eigenvalue weighted by Gasteiger charge is 2.18. The lowest BCUT2D eigenvalue weighted by Gasteiger charge is -2.09. The number of fused-ring (bicyclic) bond motifs is 6. The number of nitrogens with zero attached hydrogens (tertiary/aromatic N) is 2. The Morgan fingerprint density at radius 1 is 0.545 bits per heavy atom. The zero-order valence-corrected chi connectivity index (χ0v) is 23.8. The van der Waals surface area contributed by atoms with Crippen molar-refractivity contribution in [3.8, 4) is 44.9 Å². The van der Waals surface area contributed by atoms with E-state index in [0.29, 0.717) is 11.4 Å². The Balaban J connectivity index is 1.28. The van der Waals surface area contributed by atoms with Crippen LogP contribution in [0.5, 0.6) is 0 Å². The molecule has 0 saturated carbocycles. The van der Waals surface area contributed by atoms with Crippen LogP contribution in [-0.4, -0.2) is 9.97 Å². The molecular weight excluding hydrogens is 557 g/mol. The number of para-hydroxylation sites is 1. The highest BCUT2D eigenvalue weighted by atomic mass is 32.1. The summed E-state index contributed by atoms with van der Waals surface area (Å²) in [4.78, 5) is 10.2. The van der Waals surface area contributed by atoms with Gasteiger partial charge in [0.2, 0.25) is 0 Å². The number of benzene rings is 6. The first-order valence-corrected chi connectivity index (χ1v) is 14.9. The Bertz CT molecular complexity index is 2890. The van der Waals surface area contributed by atoms with E-state index in [9.17, 15) is 0 Å². The number of hydrogen-bond acceptors (Lipinski definition) is 4. The molecule has 0 aliphatic carbocycles. The standard InChI is InChI=1S/C40H24N2OS/c1-3-10-25(11-4-1)27-14-9-15-30(22-27)37-39-38(42-40(41-37)26-12-5-2-6-13-26)33-21-19-29(24-36(33)44-39)28-18-20-32-31-16-7-8-17-34(31)43-35(32)23-28/h1-24H/i7D,8D,16D,17D,18D,20D,23D. The number of rotatable bonds is 4. The van der Waals surface area contributed by atoms with E-state index in [-0.39, 0.29) is 57.7 Å². The van der Waals surface area contributed by atoms with Crippen molar-refractivity contribution in [2.45, 2.75) is 0 Å². The maximum atomic E-state index is 9.14. The fraction of sp³-hybridized carbons (Fsp3) is 0. The smallest absolute Gasteiger partial charge is 0.160 e. The first-order chi connectivity index (χ1) is 24.7.